The Hall–Kier alpha value is -3.95. The lowest BCUT2D eigenvalue weighted by Gasteiger charge is -2.29. The lowest BCUT2D eigenvalue weighted by Crippen LogP contribution is -2.38. The number of aryl methyl sites for hydroxylation is 1. The van der Waals surface area contributed by atoms with Gasteiger partial charge in [-0.2, -0.15) is 0 Å². The lowest BCUT2D eigenvalue weighted by atomic mass is 9.91. The van der Waals surface area contributed by atoms with E-state index in [1.54, 1.807) is 0 Å². The van der Waals surface area contributed by atoms with E-state index in [-0.39, 0.29) is 31.0 Å². The van der Waals surface area contributed by atoms with E-state index in [0.717, 1.165) is 32.7 Å². The van der Waals surface area contributed by atoms with Gasteiger partial charge in [0.25, 0.3) is 5.91 Å². The minimum atomic E-state index is -0.532. The summed E-state index contributed by atoms with van der Waals surface area (Å²) >= 11 is 3.45. The molecule has 202 valence electrons. The Morgan fingerprint density at radius 1 is 1.00 bits per heavy atom. The summed E-state index contributed by atoms with van der Waals surface area (Å²) in [6.07, 6.45) is 0. The number of aliphatic hydroxyl groups excluding tert-OH is 1. The molecule has 0 saturated carbocycles. The van der Waals surface area contributed by atoms with Gasteiger partial charge >= 0.3 is 6.03 Å². The molecule has 0 spiro atoms. The number of hydrogen-bond donors (Lipinski definition) is 3. The minimum Gasteiger partial charge on any atom is -0.491 e. The van der Waals surface area contributed by atoms with Crippen LogP contribution >= 0.6 is 15.9 Å². The molecular formula is C30H31BrN4O4. The molecule has 39 heavy (non-hydrogen) atoms. The number of H-pyrrole nitrogens is 1. The van der Waals surface area contributed by atoms with Crippen LogP contribution in [0.15, 0.2) is 89.4 Å². The van der Waals surface area contributed by atoms with Crippen molar-refractivity contribution in [3.05, 3.63) is 106 Å². The summed E-state index contributed by atoms with van der Waals surface area (Å²) < 4.78 is 6.10. The summed E-state index contributed by atoms with van der Waals surface area (Å²) in [5, 5.41) is 11.0. The number of halogens is 1. The monoisotopic (exact) mass is 590 g/mol. The van der Waals surface area contributed by atoms with E-state index in [4.69, 9.17) is 14.8 Å². The second kappa shape index (κ2) is 13.2. The van der Waals surface area contributed by atoms with Crippen molar-refractivity contribution in [1.29, 1.82) is 0 Å². The molecule has 0 aliphatic carbocycles. The van der Waals surface area contributed by atoms with Crippen LogP contribution in [0.4, 0.5) is 4.79 Å². The molecule has 9 heteroatoms. The van der Waals surface area contributed by atoms with Crippen molar-refractivity contribution in [2.45, 2.75) is 25.8 Å². The zero-order chi connectivity index (χ0) is 27.8. The van der Waals surface area contributed by atoms with Crippen LogP contribution in [-0.4, -0.2) is 51.7 Å². The molecule has 1 saturated heterocycles. The fourth-order valence-corrected chi connectivity index (χ4v) is 4.69. The zero-order valence-electron chi connectivity index (χ0n) is 21.8. The summed E-state index contributed by atoms with van der Waals surface area (Å²) in [7, 11) is 0. The lowest BCUT2D eigenvalue weighted by molar-refractivity contribution is -0.127. The number of aromatic nitrogens is 2. The molecule has 2 unspecified atom stereocenters. The number of nitrogens with zero attached hydrogens (tertiary/aromatic N) is 2. The fourth-order valence-electron chi connectivity index (χ4n) is 4.43. The second-order valence-corrected chi connectivity index (χ2v) is 9.97. The summed E-state index contributed by atoms with van der Waals surface area (Å²) in [6.45, 7) is 4.40. The van der Waals surface area contributed by atoms with Crippen LogP contribution in [0.25, 0.3) is 11.3 Å². The highest BCUT2D eigenvalue weighted by molar-refractivity contribution is 9.10. The first kappa shape index (κ1) is 28.1. The van der Waals surface area contributed by atoms with Crippen molar-refractivity contribution >= 4 is 27.9 Å². The van der Waals surface area contributed by atoms with Gasteiger partial charge in [0.2, 0.25) is 0 Å². The number of amides is 3. The van der Waals surface area contributed by atoms with E-state index in [1.807, 2.05) is 98.8 Å². The fraction of sp³-hybridized carbons (Fsp3) is 0.233. The number of imide groups is 1. The maximum Gasteiger partial charge on any atom is 0.325 e. The van der Waals surface area contributed by atoms with E-state index < -0.39 is 6.04 Å². The predicted octanol–water partition coefficient (Wildman–Crippen LogP) is 5.60. The van der Waals surface area contributed by atoms with Gasteiger partial charge in [-0.1, -0.05) is 83.5 Å². The molecule has 4 aromatic rings. The molecule has 1 fully saturated rings. The van der Waals surface area contributed by atoms with Gasteiger partial charge in [-0.3, -0.25) is 9.69 Å². The number of carbonyl (C=O) groups is 2. The number of aromatic amines is 1. The van der Waals surface area contributed by atoms with Crippen molar-refractivity contribution in [3.63, 3.8) is 0 Å². The number of ether oxygens (including phenoxy) is 1. The molecule has 8 nitrogen and oxygen atoms in total. The third-order valence-corrected chi connectivity index (χ3v) is 6.89. The van der Waals surface area contributed by atoms with Crippen molar-refractivity contribution in [3.8, 4) is 17.0 Å². The number of hydrogen-bond acceptors (Lipinski definition) is 5. The van der Waals surface area contributed by atoms with Gasteiger partial charge in [-0.15, -0.1) is 0 Å². The number of carbonyl (C=O) groups excluding carboxylic acids is 2. The molecule has 1 aliphatic rings. The van der Waals surface area contributed by atoms with E-state index in [9.17, 15) is 9.59 Å². The number of aliphatic hydroxyl groups is 1. The second-order valence-electron chi connectivity index (χ2n) is 9.05. The normalized spacial score (nSPS) is 14.3. The van der Waals surface area contributed by atoms with Gasteiger partial charge in [0.15, 0.2) is 0 Å². The molecule has 0 radical (unpaired) electrons. The summed E-state index contributed by atoms with van der Waals surface area (Å²) in [6, 6.07) is 26.3. The van der Waals surface area contributed by atoms with E-state index in [1.165, 1.54) is 4.90 Å². The summed E-state index contributed by atoms with van der Waals surface area (Å²) in [5.41, 5.74) is 3.70. The Bertz CT molecular complexity index is 1360. The van der Waals surface area contributed by atoms with Gasteiger partial charge < -0.3 is 20.1 Å². The van der Waals surface area contributed by atoms with Crippen LogP contribution in [0.5, 0.6) is 5.75 Å². The standard InChI is InChI=1S/C22H21BrN4O2.C8H10O2/c1-13(15-6-4-3-5-7-15)20(27-18(28)12-24-22(27)29)21-25-14(2)19(26-21)16-8-10-17(23)11-9-16;9-6-7-10-8-4-2-1-3-5-8/h3-11,13,20H,12H2,1-2H3,(H,24,29)(H,25,26);1-5,9H,6-7H2. The van der Waals surface area contributed by atoms with Crippen LogP contribution < -0.4 is 10.1 Å². The molecule has 1 aromatic heterocycles. The Labute approximate surface area is 236 Å². The molecule has 1 aliphatic heterocycles. The van der Waals surface area contributed by atoms with Crippen LogP contribution in [0.1, 0.15) is 36.0 Å². The SMILES string of the molecule is Cc1[nH]c(C(C(C)c2ccccc2)N2C(=O)CNC2=O)nc1-c1ccc(Br)cc1.OCCOc1ccccc1. The van der Waals surface area contributed by atoms with Gasteiger partial charge in [0, 0.05) is 21.6 Å². The third-order valence-electron chi connectivity index (χ3n) is 6.36. The molecule has 3 amide bonds. The average molecular weight is 592 g/mol. The maximum absolute atomic E-state index is 12.5. The van der Waals surface area contributed by atoms with Crippen LogP contribution in [0, 0.1) is 6.92 Å². The molecular weight excluding hydrogens is 560 g/mol. The van der Waals surface area contributed by atoms with Gasteiger partial charge in [0.1, 0.15) is 24.2 Å². The minimum absolute atomic E-state index is 0.0100. The highest BCUT2D eigenvalue weighted by Gasteiger charge is 2.41. The summed E-state index contributed by atoms with van der Waals surface area (Å²) in [4.78, 5) is 34.5. The highest BCUT2D eigenvalue weighted by Crippen LogP contribution is 2.37. The number of rotatable bonds is 8. The molecule has 0 bridgehead atoms. The first-order valence-electron chi connectivity index (χ1n) is 12.6. The van der Waals surface area contributed by atoms with Crippen molar-refractivity contribution in [1.82, 2.24) is 20.2 Å². The largest absolute Gasteiger partial charge is 0.491 e. The number of para-hydroxylation sites is 1. The van der Waals surface area contributed by atoms with Crippen molar-refractivity contribution < 1.29 is 19.4 Å². The predicted molar refractivity (Wildman–Crippen MR) is 153 cm³/mol. The van der Waals surface area contributed by atoms with Gasteiger partial charge in [-0.25, -0.2) is 9.78 Å². The number of urea groups is 1. The number of nitrogens with one attached hydrogen (secondary N) is 2. The van der Waals surface area contributed by atoms with E-state index in [2.05, 4.69) is 26.2 Å². The van der Waals surface area contributed by atoms with Crippen molar-refractivity contribution in [2.24, 2.45) is 0 Å². The molecule has 5 rings (SSSR count). The highest BCUT2D eigenvalue weighted by atomic mass is 79.9. The van der Waals surface area contributed by atoms with Gasteiger partial charge in [0.05, 0.1) is 18.8 Å². The molecule has 2 heterocycles. The quantitative estimate of drug-likeness (QED) is 0.231. The third kappa shape index (κ3) is 6.93. The maximum atomic E-state index is 12.5. The zero-order valence-corrected chi connectivity index (χ0v) is 23.4. The van der Waals surface area contributed by atoms with E-state index in [0.29, 0.717) is 12.4 Å². The van der Waals surface area contributed by atoms with Crippen molar-refractivity contribution in [2.75, 3.05) is 19.8 Å². The summed E-state index contributed by atoms with van der Waals surface area (Å²) in [5.74, 6) is 1.02. The molecule has 3 N–H and O–H groups in total. The van der Waals surface area contributed by atoms with Gasteiger partial charge in [-0.05, 0) is 36.8 Å². The average Bonchev–Trinajstić information content (AvgIpc) is 3.51. The molecule has 3 aromatic carbocycles. The Morgan fingerprint density at radius 3 is 2.23 bits per heavy atom. The van der Waals surface area contributed by atoms with E-state index >= 15 is 0 Å². The Morgan fingerprint density at radius 2 is 1.64 bits per heavy atom. The Kier molecular flexibility index (Phi) is 9.51. The number of benzene rings is 3. The first-order chi connectivity index (χ1) is 18.9. The smallest absolute Gasteiger partial charge is 0.325 e. The topological polar surface area (TPSA) is 108 Å². The van der Waals surface area contributed by atoms with Crippen LogP contribution in [0.3, 0.4) is 0 Å². The Balaban J connectivity index is 0.000000298. The first-order valence-corrected chi connectivity index (χ1v) is 13.4. The van der Waals surface area contributed by atoms with Crippen LogP contribution in [0.2, 0.25) is 0 Å². The van der Waals surface area contributed by atoms with Crippen LogP contribution in [-0.2, 0) is 4.79 Å². The number of imidazole rings is 1. The molecule has 2 atom stereocenters.